The number of aromatic nitrogens is 1. The molecule has 1 aromatic rings. The van der Waals surface area contributed by atoms with Gasteiger partial charge in [0.2, 0.25) is 0 Å². The van der Waals surface area contributed by atoms with E-state index in [2.05, 4.69) is 24.1 Å². The van der Waals surface area contributed by atoms with Gasteiger partial charge in [-0.25, -0.2) is 4.98 Å². The van der Waals surface area contributed by atoms with Gasteiger partial charge in [0, 0.05) is 18.6 Å². The van der Waals surface area contributed by atoms with Crippen LogP contribution in [-0.4, -0.2) is 24.2 Å². The predicted octanol–water partition coefficient (Wildman–Crippen LogP) is 1.89. The van der Waals surface area contributed by atoms with Crippen LogP contribution in [0.2, 0.25) is 0 Å². The molecule has 2 atom stereocenters. The van der Waals surface area contributed by atoms with Gasteiger partial charge in [-0.3, -0.25) is 0 Å². The summed E-state index contributed by atoms with van der Waals surface area (Å²) in [7, 11) is 1.77. The fourth-order valence-corrected chi connectivity index (χ4v) is 2.22. The standard InChI is InChI=1S/C12H19N3O/c1-12(2)9(6-10(12)16-3)15-8-4-5-11(13)14-7-8/h4-5,7,9-10,15H,6H2,1-3H3,(H2,13,14). The van der Waals surface area contributed by atoms with E-state index < -0.39 is 0 Å². The van der Waals surface area contributed by atoms with Gasteiger partial charge >= 0.3 is 0 Å². The van der Waals surface area contributed by atoms with Gasteiger partial charge < -0.3 is 15.8 Å². The van der Waals surface area contributed by atoms with Crippen molar-refractivity contribution < 1.29 is 4.74 Å². The van der Waals surface area contributed by atoms with Crippen molar-refractivity contribution >= 4 is 11.5 Å². The predicted molar refractivity (Wildman–Crippen MR) is 65.3 cm³/mol. The first-order valence-electron chi connectivity index (χ1n) is 5.55. The number of pyridine rings is 1. The van der Waals surface area contributed by atoms with Crippen LogP contribution in [0.15, 0.2) is 18.3 Å². The molecular formula is C12H19N3O. The highest BCUT2D eigenvalue weighted by atomic mass is 16.5. The van der Waals surface area contributed by atoms with Gasteiger partial charge in [0.25, 0.3) is 0 Å². The highest BCUT2D eigenvalue weighted by Gasteiger charge is 2.48. The molecule has 0 saturated heterocycles. The lowest BCUT2D eigenvalue weighted by Crippen LogP contribution is -2.57. The summed E-state index contributed by atoms with van der Waals surface area (Å²) < 4.78 is 5.41. The van der Waals surface area contributed by atoms with Crippen LogP contribution in [0, 0.1) is 5.41 Å². The molecule has 3 N–H and O–H groups in total. The first-order chi connectivity index (χ1) is 7.54. The molecule has 1 aromatic heterocycles. The highest BCUT2D eigenvalue weighted by molar-refractivity contribution is 5.47. The summed E-state index contributed by atoms with van der Waals surface area (Å²) in [5, 5.41) is 3.46. The molecule has 1 saturated carbocycles. The number of nitrogens with zero attached hydrogens (tertiary/aromatic N) is 1. The van der Waals surface area contributed by atoms with Crippen molar-refractivity contribution in [3.05, 3.63) is 18.3 Å². The minimum Gasteiger partial charge on any atom is -0.384 e. The maximum absolute atomic E-state index is 5.54. The first-order valence-corrected chi connectivity index (χ1v) is 5.55. The minimum absolute atomic E-state index is 0.163. The van der Waals surface area contributed by atoms with E-state index >= 15 is 0 Å². The van der Waals surface area contributed by atoms with Crippen molar-refractivity contribution in [3.8, 4) is 0 Å². The number of nitrogens with two attached hydrogens (primary N) is 1. The highest BCUT2D eigenvalue weighted by Crippen LogP contribution is 2.43. The van der Waals surface area contributed by atoms with Gasteiger partial charge in [0.15, 0.2) is 0 Å². The molecule has 0 radical (unpaired) electrons. The number of rotatable bonds is 3. The lowest BCUT2D eigenvalue weighted by molar-refractivity contribution is -0.0794. The number of methoxy groups -OCH3 is 1. The van der Waals surface area contributed by atoms with E-state index in [1.807, 2.05) is 12.1 Å². The number of hydrogen-bond donors (Lipinski definition) is 2. The van der Waals surface area contributed by atoms with E-state index in [0.717, 1.165) is 12.1 Å². The fraction of sp³-hybridized carbons (Fsp3) is 0.583. The van der Waals surface area contributed by atoms with Crippen LogP contribution in [0.3, 0.4) is 0 Å². The van der Waals surface area contributed by atoms with Crippen molar-refractivity contribution in [3.63, 3.8) is 0 Å². The lowest BCUT2D eigenvalue weighted by Gasteiger charge is -2.51. The Morgan fingerprint density at radius 2 is 2.25 bits per heavy atom. The third kappa shape index (κ3) is 1.85. The number of nitrogen functional groups attached to an aromatic ring is 1. The normalized spacial score (nSPS) is 27.2. The Bertz CT molecular complexity index is 361. The monoisotopic (exact) mass is 221 g/mol. The van der Waals surface area contributed by atoms with E-state index in [9.17, 15) is 0 Å². The Morgan fingerprint density at radius 1 is 1.50 bits per heavy atom. The second-order valence-electron chi connectivity index (χ2n) is 4.95. The number of nitrogens with one attached hydrogen (secondary N) is 1. The van der Waals surface area contributed by atoms with Gasteiger partial charge in [-0.1, -0.05) is 13.8 Å². The number of hydrogen-bond acceptors (Lipinski definition) is 4. The molecule has 0 amide bonds. The van der Waals surface area contributed by atoms with E-state index in [1.165, 1.54) is 0 Å². The zero-order valence-electron chi connectivity index (χ0n) is 10.0. The topological polar surface area (TPSA) is 60.2 Å². The van der Waals surface area contributed by atoms with Gasteiger partial charge in [-0.05, 0) is 18.6 Å². The summed E-state index contributed by atoms with van der Waals surface area (Å²) in [5.74, 6) is 0.549. The molecule has 1 heterocycles. The first kappa shape index (κ1) is 11.2. The third-order valence-electron chi connectivity index (χ3n) is 3.59. The van der Waals surface area contributed by atoms with Crippen LogP contribution < -0.4 is 11.1 Å². The maximum atomic E-state index is 5.54. The average molecular weight is 221 g/mol. The van der Waals surface area contributed by atoms with Crippen LogP contribution in [0.1, 0.15) is 20.3 Å². The van der Waals surface area contributed by atoms with Gasteiger partial charge in [0.1, 0.15) is 5.82 Å². The molecule has 4 nitrogen and oxygen atoms in total. The molecular weight excluding hydrogens is 202 g/mol. The molecule has 0 aromatic carbocycles. The molecule has 0 bridgehead atoms. The molecule has 2 rings (SSSR count). The van der Waals surface area contributed by atoms with E-state index in [1.54, 1.807) is 13.3 Å². The molecule has 1 aliphatic rings. The van der Waals surface area contributed by atoms with Gasteiger partial charge in [0.05, 0.1) is 18.0 Å². The van der Waals surface area contributed by atoms with Gasteiger partial charge in [-0.2, -0.15) is 0 Å². The average Bonchev–Trinajstić information content (AvgIpc) is 2.26. The molecule has 0 spiro atoms. The fourth-order valence-electron chi connectivity index (χ4n) is 2.22. The quantitative estimate of drug-likeness (QED) is 0.818. The summed E-state index contributed by atoms with van der Waals surface area (Å²) >= 11 is 0. The van der Waals surface area contributed by atoms with E-state index in [-0.39, 0.29) is 5.41 Å². The largest absolute Gasteiger partial charge is 0.384 e. The van der Waals surface area contributed by atoms with Crippen LogP contribution in [0.5, 0.6) is 0 Å². The SMILES string of the molecule is COC1CC(Nc2ccc(N)nc2)C1(C)C. The van der Waals surface area contributed by atoms with Gasteiger partial charge in [-0.15, -0.1) is 0 Å². The van der Waals surface area contributed by atoms with E-state index in [0.29, 0.717) is 18.0 Å². The molecule has 88 valence electrons. The van der Waals surface area contributed by atoms with Crippen molar-refractivity contribution in [2.45, 2.75) is 32.4 Å². The Morgan fingerprint density at radius 3 is 2.75 bits per heavy atom. The molecule has 4 heteroatoms. The Balaban J connectivity index is 1.99. The maximum Gasteiger partial charge on any atom is 0.123 e. The van der Waals surface area contributed by atoms with Crippen LogP contribution >= 0.6 is 0 Å². The zero-order chi connectivity index (χ0) is 11.8. The van der Waals surface area contributed by atoms with Crippen LogP contribution in [0.25, 0.3) is 0 Å². The van der Waals surface area contributed by atoms with Crippen molar-refractivity contribution in [2.75, 3.05) is 18.2 Å². The van der Waals surface area contributed by atoms with Crippen LogP contribution in [-0.2, 0) is 4.74 Å². The van der Waals surface area contributed by atoms with Crippen LogP contribution in [0.4, 0.5) is 11.5 Å². The smallest absolute Gasteiger partial charge is 0.123 e. The van der Waals surface area contributed by atoms with Crippen molar-refractivity contribution in [2.24, 2.45) is 5.41 Å². The summed E-state index contributed by atoms with van der Waals surface area (Å²) in [6.07, 6.45) is 3.14. The Labute approximate surface area is 96.2 Å². The van der Waals surface area contributed by atoms with Crippen molar-refractivity contribution in [1.82, 2.24) is 4.98 Å². The molecule has 0 aliphatic heterocycles. The van der Waals surface area contributed by atoms with E-state index in [4.69, 9.17) is 10.5 Å². The summed E-state index contributed by atoms with van der Waals surface area (Å²) in [6, 6.07) is 4.20. The second kappa shape index (κ2) is 3.94. The Hall–Kier alpha value is -1.29. The summed E-state index contributed by atoms with van der Waals surface area (Å²) in [6.45, 7) is 4.43. The lowest BCUT2D eigenvalue weighted by atomic mass is 9.64. The zero-order valence-corrected chi connectivity index (χ0v) is 10.0. The molecule has 1 fully saturated rings. The minimum atomic E-state index is 0.163. The third-order valence-corrected chi connectivity index (χ3v) is 3.59. The molecule has 1 aliphatic carbocycles. The Kier molecular flexibility index (Phi) is 2.76. The second-order valence-corrected chi connectivity index (χ2v) is 4.95. The summed E-state index contributed by atoms with van der Waals surface area (Å²) in [5.41, 5.74) is 6.72. The molecule has 16 heavy (non-hydrogen) atoms. The van der Waals surface area contributed by atoms with Crippen molar-refractivity contribution in [1.29, 1.82) is 0 Å². The molecule has 2 unspecified atom stereocenters. The summed E-state index contributed by atoms with van der Waals surface area (Å²) in [4.78, 5) is 4.06. The number of anilines is 2. The number of ether oxygens (including phenoxy) is 1.